The Morgan fingerprint density at radius 1 is 1.19 bits per heavy atom. The monoisotopic (exact) mass is 406 g/mol. The van der Waals surface area contributed by atoms with Gasteiger partial charge in [0.05, 0.1) is 19.1 Å². The summed E-state index contributed by atoms with van der Waals surface area (Å²) in [6.45, 7) is 1.73. The van der Waals surface area contributed by atoms with Gasteiger partial charge in [0.15, 0.2) is 0 Å². The Morgan fingerprint density at radius 3 is 2.78 bits per heavy atom. The van der Waals surface area contributed by atoms with Gasteiger partial charge in [0.25, 0.3) is 10.0 Å². The van der Waals surface area contributed by atoms with E-state index in [1.165, 1.54) is 15.6 Å². The molecule has 0 bridgehead atoms. The number of carbonyl (C=O) groups is 1. The minimum absolute atomic E-state index is 0.0739. The van der Waals surface area contributed by atoms with Gasteiger partial charge in [0.2, 0.25) is 5.91 Å². The molecular formula is C19H22N2O4S2. The number of carbonyl (C=O) groups excluding carboxylic acids is 1. The maximum Gasteiger partial charge on any atom is 0.252 e. The summed E-state index contributed by atoms with van der Waals surface area (Å²) < 4.78 is 32.7. The second-order valence-electron chi connectivity index (χ2n) is 6.80. The van der Waals surface area contributed by atoms with Crippen LogP contribution < -0.4 is 10.1 Å². The molecular weight excluding hydrogens is 384 g/mol. The van der Waals surface area contributed by atoms with Gasteiger partial charge in [0.1, 0.15) is 9.96 Å². The number of ether oxygens (including phenoxy) is 1. The molecule has 2 aromatic rings. The molecule has 8 heteroatoms. The number of hydrogen-bond acceptors (Lipinski definition) is 5. The minimum atomic E-state index is -3.42. The highest BCUT2D eigenvalue weighted by Crippen LogP contribution is 2.32. The number of benzene rings is 1. The molecule has 1 N–H and O–H groups in total. The number of para-hydroxylation sites is 1. The largest absolute Gasteiger partial charge is 0.493 e. The fourth-order valence-corrected chi connectivity index (χ4v) is 6.57. The van der Waals surface area contributed by atoms with Crippen LogP contribution in [0.3, 0.4) is 0 Å². The van der Waals surface area contributed by atoms with E-state index in [4.69, 9.17) is 4.74 Å². The van der Waals surface area contributed by atoms with Crippen LogP contribution in [-0.4, -0.2) is 38.3 Å². The van der Waals surface area contributed by atoms with Crippen molar-refractivity contribution in [3.8, 4) is 5.75 Å². The van der Waals surface area contributed by atoms with E-state index in [1.807, 2.05) is 24.3 Å². The minimum Gasteiger partial charge on any atom is -0.493 e. The van der Waals surface area contributed by atoms with Crippen LogP contribution in [0, 0.1) is 0 Å². The van der Waals surface area contributed by atoms with Crippen molar-refractivity contribution in [2.45, 2.75) is 35.9 Å². The van der Waals surface area contributed by atoms with Crippen LogP contribution in [0.25, 0.3) is 0 Å². The highest BCUT2D eigenvalue weighted by Gasteiger charge is 2.29. The quantitative estimate of drug-likeness (QED) is 0.828. The Bertz CT molecular complexity index is 933. The van der Waals surface area contributed by atoms with Gasteiger partial charge in [-0.05, 0) is 31.0 Å². The lowest BCUT2D eigenvalue weighted by molar-refractivity contribution is -0.121. The van der Waals surface area contributed by atoms with Gasteiger partial charge >= 0.3 is 0 Å². The Kier molecular flexibility index (Phi) is 5.21. The number of nitrogens with zero attached hydrogens (tertiary/aromatic N) is 1. The van der Waals surface area contributed by atoms with Crippen LogP contribution in [0.4, 0.5) is 0 Å². The van der Waals surface area contributed by atoms with Gasteiger partial charge < -0.3 is 10.1 Å². The van der Waals surface area contributed by atoms with Gasteiger partial charge in [-0.15, -0.1) is 11.3 Å². The summed E-state index contributed by atoms with van der Waals surface area (Å²) in [7, 11) is -3.42. The number of nitrogens with one attached hydrogen (secondary N) is 1. The lowest BCUT2D eigenvalue weighted by Gasteiger charge is -2.26. The molecule has 1 aromatic carbocycles. The molecule has 144 valence electrons. The molecule has 4 rings (SSSR count). The lowest BCUT2D eigenvalue weighted by Crippen LogP contribution is -2.33. The smallest absolute Gasteiger partial charge is 0.252 e. The van der Waals surface area contributed by atoms with Crippen molar-refractivity contribution in [3.63, 3.8) is 0 Å². The number of thiophene rings is 1. The Morgan fingerprint density at radius 2 is 1.96 bits per heavy atom. The van der Waals surface area contributed by atoms with Gasteiger partial charge in [0, 0.05) is 30.0 Å². The summed E-state index contributed by atoms with van der Waals surface area (Å²) in [4.78, 5) is 13.3. The van der Waals surface area contributed by atoms with Crippen LogP contribution in [0.2, 0.25) is 0 Å². The topological polar surface area (TPSA) is 75.7 Å². The molecule has 0 aliphatic carbocycles. The summed E-state index contributed by atoms with van der Waals surface area (Å²) in [5.41, 5.74) is 0.987. The molecule has 6 nitrogen and oxygen atoms in total. The number of hydrogen-bond donors (Lipinski definition) is 1. The molecule has 3 heterocycles. The summed E-state index contributed by atoms with van der Waals surface area (Å²) >= 11 is 1.19. The summed E-state index contributed by atoms with van der Waals surface area (Å²) in [5.74, 6) is 0.702. The number of fused-ring (bicyclic) bond motifs is 1. The SMILES string of the molecule is O=C(Cc1ccc(S(=O)(=O)N2CCCC2)s1)NC1CCOc2ccccc21. The van der Waals surface area contributed by atoms with Crippen molar-refractivity contribution in [1.82, 2.24) is 9.62 Å². The number of rotatable bonds is 5. The van der Waals surface area contributed by atoms with E-state index in [2.05, 4.69) is 5.32 Å². The zero-order valence-corrected chi connectivity index (χ0v) is 16.5. The Labute approximate surface area is 163 Å². The van der Waals surface area contributed by atoms with E-state index in [0.29, 0.717) is 23.9 Å². The fourth-order valence-electron chi connectivity index (χ4n) is 3.54. The van der Waals surface area contributed by atoms with Crippen molar-refractivity contribution < 1.29 is 17.9 Å². The zero-order valence-electron chi connectivity index (χ0n) is 14.9. The molecule has 1 aromatic heterocycles. The number of sulfonamides is 1. The zero-order chi connectivity index (χ0) is 18.9. The molecule has 2 aliphatic heterocycles. The Hall–Kier alpha value is -1.90. The maximum atomic E-state index is 12.6. The first kappa shape index (κ1) is 18.5. The molecule has 0 saturated carbocycles. The van der Waals surface area contributed by atoms with E-state index >= 15 is 0 Å². The molecule has 0 spiro atoms. The number of amides is 1. The van der Waals surface area contributed by atoms with E-state index in [1.54, 1.807) is 12.1 Å². The predicted molar refractivity (Wildman–Crippen MR) is 103 cm³/mol. The van der Waals surface area contributed by atoms with Gasteiger partial charge in [-0.1, -0.05) is 18.2 Å². The second kappa shape index (κ2) is 7.61. The van der Waals surface area contributed by atoms with Crippen LogP contribution in [0.15, 0.2) is 40.6 Å². The van der Waals surface area contributed by atoms with Crippen molar-refractivity contribution in [2.24, 2.45) is 0 Å². The highest BCUT2D eigenvalue weighted by atomic mass is 32.2. The van der Waals surface area contributed by atoms with Gasteiger partial charge in [-0.2, -0.15) is 4.31 Å². The van der Waals surface area contributed by atoms with Crippen molar-refractivity contribution in [3.05, 3.63) is 46.8 Å². The summed E-state index contributed by atoms with van der Waals surface area (Å²) in [5, 5.41) is 3.05. The lowest BCUT2D eigenvalue weighted by atomic mass is 10.0. The molecule has 1 unspecified atom stereocenters. The molecule has 1 atom stereocenters. The highest BCUT2D eigenvalue weighted by molar-refractivity contribution is 7.91. The van der Waals surface area contributed by atoms with E-state index in [9.17, 15) is 13.2 Å². The van der Waals surface area contributed by atoms with Gasteiger partial charge in [-0.25, -0.2) is 8.42 Å². The summed E-state index contributed by atoms with van der Waals surface area (Å²) in [6, 6.07) is 11.0. The molecule has 0 radical (unpaired) electrons. The third kappa shape index (κ3) is 3.88. The Balaban J connectivity index is 1.42. The first-order chi connectivity index (χ1) is 13.0. The van der Waals surface area contributed by atoms with E-state index in [0.717, 1.165) is 35.5 Å². The molecule has 1 fully saturated rings. The molecule has 1 amide bonds. The summed E-state index contributed by atoms with van der Waals surface area (Å²) in [6.07, 6.45) is 2.72. The molecule has 1 saturated heterocycles. The van der Waals surface area contributed by atoms with Crippen molar-refractivity contribution in [2.75, 3.05) is 19.7 Å². The predicted octanol–water partition coefficient (Wildman–Crippen LogP) is 2.72. The van der Waals surface area contributed by atoms with E-state index in [-0.39, 0.29) is 18.4 Å². The van der Waals surface area contributed by atoms with E-state index < -0.39 is 10.0 Å². The first-order valence-electron chi connectivity index (χ1n) is 9.14. The van der Waals surface area contributed by atoms with Crippen LogP contribution >= 0.6 is 11.3 Å². The average Bonchev–Trinajstić information content (AvgIpc) is 3.34. The normalized spacial score (nSPS) is 20.1. The fraction of sp³-hybridized carbons (Fsp3) is 0.421. The molecule has 27 heavy (non-hydrogen) atoms. The van der Waals surface area contributed by atoms with Crippen LogP contribution in [-0.2, 0) is 21.2 Å². The average molecular weight is 407 g/mol. The maximum absolute atomic E-state index is 12.6. The third-order valence-electron chi connectivity index (χ3n) is 4.92. The van der Waals surface area contributed by atoms with Crippen molar-refractivity contribution in [1.29, 1.82) is 0 Å². The second-order valence-corrected chi connectivity index (χ2v) is 10.1. The van der Waals surface area contributed by atoms with Crippen LogP contribution in [0.5, 0.6) is 5.75 Å². The molecule has 2 aliphatic rings. The first-order valence-corrected chi connectivity index (χ1v) is 11.4. The van der Waals surface area contributed by atoms with Gasteiger partial charge in [-0.3, -0.25) is 4.79 Å². The van der Waals surface area contributed by atoms with Crippen LogP contribution in [0.1, 0.15) is 35.7 Å². The standard InChI is InChI=1S/C19H22N2O4S2/c22-18(20-16-9-12-25-17-6-2-1-5-15(16)17)13-14-7-8-19(26-14)27(23,24)21-10-3-4-11-21/h1-2,5-8,16H,3-4,9-13H2,(H,20,22). The third-order valence-corrected chi connectivity index (χ3v) is 8.38. The van der Waals surface area contributed by atoms with Crippen molar-refractivity contribution >= 4 is 27.3 Å².